The Morgan fingerprint density at radius 2 is 2.12 bits per heavy atom. The maximum absolute atomic E-state index is 13.2. The number of aliphatic carboxylic acids is 1. The summed E-state index contributed by atoms with van der Waals surface area (Å²) in [5, 5.41) is 13.4. The molecule has 1 saturated heterocycles. The van der Waals surface area contributed by atoms with Crippen molar-refractivity contribution in [2.45, 2.75) is 32.0 Å². The molecule has 10 heteroatoms. The van der Waals surface area contributed by atoms with E-state index in [4.69, 9.17) is 5.11 Å². The minimum absolute atomic E-state index is 0.229. The van der Waals surface area contributed by atoms with Crippen molar-refractivity contribution >= 4 is 29.1 Å². The van der Waals surface area contributed by atoms with E-state index < -0.39 is 42.5 Å². The first kappa shape index (κ1) is 19.2. The molecule has 1 aromatic heterocycles. The van der Waals surface area contributed by atoms with Crippen molar-refractivity contribution in [3.8, 4) is 0 Å². The Morgan fingerprint density at radius 3 is 2.56 bits per heavy atom. The van der Waals surface area contributed by atoms with Crippen LogP contribution in [0.4, 0.5) is 13.2 Å². The average Bonchev–Trinajstić information content (AvgIpc) is 3.15. The van der Waals surface area contributed by atoms with Crippen LogP contribution in [0.1, 0.15) is 30.7 Å². The van der Waals surface area contributed by atoms with E-state index in [0.717, 1.165) is 4.90 Å². The van der Waals surface area contributed by atoms with Crippen molar-refractivity contribution < 1.29 is 32.7 Å². The van der Waals surface area contributed by atoms with Crippen molar-refractivity contribution in [1.29, 1.82) is 0 Å². The molecule has 2 heterocycles. The molecule has 2 rings (SSSR count). The van der Waals surface area contributed by atoms with Gasteiger partial charge < -0.3 is 15.3 Å². The zero-order valence-electron chi connectivity index (χ0n) is 13.3. The number of halogens is 3. The van der Waals surface area contributed by atoms with Crippen molar-refractivity contribution in [1.82, 2.24) is 10.2 Å². The number of thiophene rings is 1. The fraction of sp³-hybridized carbons (Fsp3) is 0.533. The first-order chi connectivity index (χ1) is 11.6. The van der Waals surface area contributed by atoms with Gasteiger partial charge in [0.05, 0.1) is 12.5 Å². The van der Waals surface area contributed by atoms with E-state index >= 15 is 0 Å². The Bertz CT molecular complexity index is 662. The summed E-state index contributed by atoms with van der Waals surface area (Å²) in [6, 6.07) is 2.78. The van der Waals surface area contributed by atoms with E-state index in [1.807, 2.05) is 0 Å². The number of nitrogens with zero attached hydrogens (tertiary/aromatic N) is 1. The van der Waals surface area contributed by atoms with Gasteiger partial charge in [0.15, 0.2) is 5.41 Å². The standard InChI is InChI=1S/C15H17F3N2O4S/c1-9(21)19-10(11-3-2-6-25-11)7-12(22)20-5-4-14(8-20,13(23)24)15(16,17)18/h2-3,6,10H,4-5,7-8H2,1H3,(H,19,21)(H,23,24). The summed E-state index contributed by atoms with van der Waals surface area (Å²) in [4.78, 5) is 36.5. The lowest BCUT2D eigenvalue weighted by Gasteiger charge is -2.27. The van der Waals surface area contributed by atoms with E-state index in [2.05, 4.69) is 5.32 Å². The first-order valence-corrected chi connectivity index (χ1v) is 8.33. The van der Waals surface area contributed by atoms with Gasteiger partial charge in [-0.1, -0.05) is 6.07 Å². The molecular formula is C15H17F3N2O4S. The fourth-order valence-electron chi connectivity index (χ4n) is 2.81. The highest BCUT2D eigenvalue weighted by molar-refractivity contribution is 7.10. The number of carbonyl (C=O) groups excluding carboxylic acids is 2. The molecule has 0 radical (unpaired) electrons. The van der Waals surface area contributed by atoms with Crippen LogP contribution in [-0.2, 0) is 14.4 Å². The highest BCUT2D eigenvalue weighted by Gasteiger charge is 2.64. The van der Waals surface area contributed by atoms with Crippen LogP contribution in [0.2, 0.25) is 0 Å². The molecule has 1 aliphatic heterocycles. The SMILES string of the molecule is CC(=O)NC(CC(=O)N1CCC(C(=O)O)(C(F)(F)F)C1)c1cccs1. The van der Waals surface area contributed by atoms with E-state index in [0.29, 0.717) is 4.88 Å². The van der Waals surface area contributed by atoms with Gasteiger partial charge in [0, 0.05) is 24.9 Å². The molecule has 0 bridgehead atoms. The maximum Gasteiger partial charge on any atom is 0.406 e. The minimum Gasteiger partial charge on any atom is -0.481 e. The summed E-state index contributed by atoms with van der Waals surface area (Å²) in [5.74, 6) is -2.98. The van der Waals surface area contributed by atoms with Crippen LogP contribution in [0, 0.1) is 5.41 Å². The van der Waals surface area contributed by atoms with Gasteiger partial charge in [-0.2, -0.15) is 13.2 Å². The number of hydrogen-bond donors (Lipinski definition) is 2. The van der Waals surface area contributed by atoms with Crippen LogP contribution < -0.4 is 5.32 Å². The minimum atomic E-state index is -4.95. The van der Waals surface area contributed by atoms with Crippen molar-refractivity contribution in [3.05, 3.63) is 22.4 Å². The van der Waals surface area contributed by atoms with E-state index in [1.165, 1.54) is 18.3 Å². The lowest BCUT2D eigenvalue weighted by molar-refractivity contribution is -0.227. The molecule has 2 N–H and O–H groups in total. The lowest BCUT2D eigenvalue weighted by Crippen LogP contribution is -2.48. The van der Waals surface area contributed by atoms with Crippen LogP contribution in [-0.4, -0.2) is 47.1 Å². The smallest absolute Gasteiger partial charge is 0.406 e. The van der Waals surface area contributed by atoms with Gasteiger partial charge >= 0.3 is 12.1 Å². The molecule has 1 fully saturated rings. The van der Waals surface area contributed by atoms with Crippen LogP contribution in [0.25, 0.3) is 0 Å². The molecular weight excluding hydrogens is 361 g/mol. The predicted octanol–water partition coefficient (Wildman–Crippen LogP) is 2.18. The van der Waals surface area contributed by atoms with Crippen LogP contribution in [0.5, 0.6) is 0 Å². The van der Waals surface area contributed by atoms with Gasteiger partial charge in [-0.15, -0.1) is 11.3 Å². The third-order valence-electron chi connectivity index (χ3n) is 4.22. The Hall–Kier alpha value is -2.10. The molecule has 2 unspecified atom stereocenters. The number of amides is 2. The van der Waals surface area contributed by atoms with Gasteiger partial charge in [-0.05, 0) is 17.9 Å². The van der Waals surface area contributed by atoms with Crippen LogP contribution in [0.15, 0.2) is 17.5 Å². The predicted molar refractivity (Wildman–Crippen MR) is 82.8 cm³/mol. The Kier molecular flexibility index (Phi) is 5.40. The van der Waals surface area contributed by atoms with Crippen LogP contribution >= 0.6 is 11.3 Å². The summed E-state index contributed by atoms with van der Waals surface area (Å²) in [6.07, 6.45) is -5.85. The first-order valence-electron chi connectivity index (χ1n) is 7.45. The fourth-order valence-corrected chi connectivity index (χ4v) is 3.59. The van der Waals surface area contributed by atoms with Gasteiger partial charge in [0.25, 0.3) is 0 Å². The van der Waals surface area contributed by atoms with Crippen molar-refractivity contribution in [3.63, 3.8) is 0 Å². The van der Waals surface area contributed by atoms with Gasteiger partial charge in [0.2, 0.25) is 11.8 Å². The van der Waals surface area contributed by atoms with Gasteiger partial charge in [-0.25, -0.2) is 0 Å². The lowest BCUT2D eigenvalue weighted by atomic mass is 9.86. The molecule has 1 aliphatic rings. The van der Waals surface area contributed by atoms with E-state index in [9.17, 15) is 27.6 Å². The highest BCUT2D eigenvalue weighted by Crippen LogP contribution is 2.46. The molecule has 2 atom stereocenters. The summed E-state index contributed by atoms with van der Waals surface area (Å²) in [6.45, 7) is 0.0732. The Morgan fingerprint density at radius 1 is 1.44 bits per heavy atom. The van der Waals surface area contributed by atoms with E-state index in [-0.39, 0.29) is 18.9 Å². The van der Waals surface area contributed by atoms with Gasteiger partial charge in [-0.3, -0.25) is 14.4 Å². The van der Waals surface area contributed by atoms with Crippen LogP contribution in [0.3, 0.4) is 0 Å². The number of likely N-dealkylation sites (tertiary alicyclic amines) is 1. The second-order valence-electron chi connectivity index (χ2n) is 5.92. The zero-order valence-corrected chi connectivity index (χ0v) is 14.1. The molecule has 0 spiro atoms. The summed E-state index contributed by atoms with van der Waals surface area (Å²) in [7, 11) is 0. The molecule has 6 nitrogen and oxygen atoms in total. The molecule has 25 heavy (non-hydrogen) atoms. The average molecular weight is 378 g/mol. The third kappa shape index (κ3) is 3.94. The molecule has 138 valence electrons. The monoisotopic (exact) mass is 378 g/mol. The number of carboxylic acid groups (broad SMARTS) is 1. The van der Waals surface area contributed by atoms with Gasteiger partial charge in [0.1, 0.15) is 0 Å². The summed E-state index contributed by atoms with van der Waals surface area (Å²) in [5.41, 5.74) is -2.94. The molecule has 0 saturated carbocycles. The molecule has 2 amide bonds. The topological polar surface area (TPSA) is 86.7 Å². The highest BCUT2D eigenvalue weighted by atomic mass is 32.1. The number of carbonyl (C=O) groups is 3. The van der Waals surface area contributed by atoms with Crippen molar-refractivity contribution in [2.24, 2.45) is 5.41 Å². The summed E-state index contributed by atoms with van der Waals surface area (Å²) < 4.78 is 39.6. The quantitative estimate of drug-likeness (QED) is 0.822. The second kappa shape index (κ2) is 7.03. The Balaban J connectivity index is 2.13. The molecule has 0 aromatic carbocycles. The van der Waals surface area contributed by atoms with E-state index in [1.54, 1.807) is 17.5 Å². The molecule has 0 aliphatic carbocycles. The molecule has 1 aromatic rings. The number of carboxylic acids is 1. The maximum atomic E-state index is 13.2. The largest absolute Gasteiger partial charge is 0.481 e. The number of alkyl halides is 3. The second-order valence-corrected chi connectivity index (χ2v) is 6.90. The Labute approximate surface area is 145 Å². The third-order valence-corrected chi connectivity index (χ3v) is 5.20. The normalized spacial score (nSPS) is 21.8. The van der Waals surface area contributed by atoms with Crippen molar-refractivity contribution in [2.75, 3.05) is 13.1 Å². The number of hydrogen-bond acceptors (Lipinski definition) is 4. The number of rotatable bonds is 5. The number of nitrogens with one attached hydrogen (secondary N) is 1. The zero-order chi connectivity index (χ0) is 18.8. The summed E-state index contributed by atoms with van der Waals surface area (Å²) >= 11 is 1.31.